The average molecular weight is 238 g/mol. The highest BCUT2D eigenvalue weighted by Gasteiger charge is 2.13. The summed E-state index contributed by atoms with van der Waals surface area (Å²) in [7, 11) is 0. The molecule has 2 aromatic heterocycles. The first-order valence-electron chi connectivity index (χ1n) is 4.85. The highest BCUT2D eigenvalue weighted by Crippen LogP contribution is 2.34. The van der Waals surface area contributed by atoms with E-state index in [4.69, 9.17) is 5.73 Å². The first-order chi connectivity index (χ1) is 7.09. The second-order valence-electron chi connectivity index (χ2n) is 3.73. The van der Waals surface area contributed by atoms with Crippen LogP contribution >= 0.6 is 22.7 Å². The molecular formula is C11H14N2S2. The first-order valence-corrected chi connectivity index (χ1v) is 6.61. The van der Waals surface area contributed by atoms with E-state index in [1.807, 2.05) is 13.8 Å². The van der Waals surface area contributed by atoms with Crippen LogP contribution in [-0.2, 0) is 0 Å². The van der Waals surface area contributed by atoms with Gasteiger partial charge in [-0.15, -0.1) is 11.3 Å². The van der Waals surface area contributed by atoms with Gasteiger partial charge in [0.25, 0.3) is 0 Å². The molecule has 0 spiro atoms. The third-order valence-corrected chi connectivity index (χ3v) is 4.59. The van der Waals surface area contributed by atoms with E-state index in [9.17, 15) is 0 Å². The molecule has 2 nitrogen and oxygen atoms in total. The molecule has 2 N–H and O–H groups in total. The number of aromatic nitrogens is 1. The predicted molar refractivity (Wildman–Crippen MR) is 67.5 cm³/mol. The fraction of sp³-hybridized carbons (Fsp3) is 0.364. The highest BCUT2D eigenvalue weighted by atomic mass is 32.1. The van der Waals surface area contributed by atoms with Gasteiger partial charge in [0, 0.05) is 21.9 Å². The monoisotopic (exact) mass is 238 g/mol. The molecule has 2 aromatic rings. The molecule has 0 fully saturated rings. The Balaban J connectivity index is 2.47. The van der Waals surface area contributed by atoms with E-state index in [1.54, 1.807) is 22.7 Å². The van der Waals surface area contributed by atoms with E-state index in [2.05, 4.69) is 22.7 Å². The van der Waals surface area contributed by atoms with Crippen LogP contribution in [-0.4, -0.2) is 4.98 Å². The van der Waals surface area contributed by atoms with Gasteiger partial charge in [-0.2, -0.15) is 11.3 Å². The van der Waals surface area contributed by atoms with E-state index < -0.39 is 0 Å². The Labute approximate surface area is 97.8 Å². The minimum Gasteiger partial charge on any atom is -0.323 e. The second-order valence-corrected chi connectivity index (χ2v) is 5.50. The van der Waals surface area contributed by atoms with Crippen LogP contribution in [0.4, 0.5) is 0 Å². The van der Waals surface area contributed by atoms with Gasteiger partial charge in [-0.05, 0) is 31.7 Å². The Bertz CT molecular complexity index is 469. The van der Waals surface area contributed by atoms with Gasteiger partial charge in [-0.1, -0.05) is 0 Å². The van der Waals surface area contributed by atoms with Gasteiger partial charge in [0.2, 0.25) is 0 Å². The highest BCUT2D eigenvalue weighted by molar-refractivity contribution is 7.15. The molecule has 0 amide bonds. The molecule has 0 saturated heterocycles. The summed E-state index contributed by atoms with van der Waals surface area (Å²) >= 11 is 3.43. The number of thiophene rings is 1. The van der Waals surface area contributed by atoms with E-state index in [0.29, 0.717) is 0 Å². The van der Waals surface area contributed by atoms with Crippen LogP contribution in [0.15, 0.2) is 10.8 Å². The number of nitrogens with zero attached hydrogens (tertiary/aromatic N) is 1. The van der Waals surface area contributed by atoms with Crippen molar-refractivity contribution in [1.29, 1.82) is 0 Å². The Hall–Kier alpha value is -0.710. The number of hydrogen-bond acceptors (Lipinski definition) is 4. The van der Waals surface area contributed by atoms with Crippen LogP contribution in [0.3, 0.4) is 0 Å². The molecule has 0 aliphatic rings. The van der Waals surface area contributed by atoms with Crippen molar-refractivity contribution in [3.05, 3.63) is 26.9 Å². The fourth-order valence-electron chi connectivity index (χ4n) is 1.53. The number of rotatable bonds is 2. The minimum absolute atomic E-state index is 0.0789. The molecule has 0 aromatic carbocycles. The first kappa shape index (κ1) is 10.8. The molecule has 2 heterocycles. The predicted octanol–water partition coefficient (Wildman–Crippen LogP) is 3.51. The molecule has 0 saturated carbocycles. The summed E-state index contributed by atoms with van der Waals surface area (Å²) in [4.78, 5) is 5.77. The Morgan fingerprint density at radius 2 is 2.07 bits per heavy atom. The maximum absolute atomic E-state index is 5.89. The molecule has 1 unspecified atom stereocenters. The molecule has 15 heavy (non-hydrogen) atoms. The standard InChI is InChI=1S/C11H14N2S2/c1-6-4-14-5-9(6)11-13-8(3)10(15-11)7(2)12/h4-5,7H,12H2,1-3H3. The van der Waals surface area contributed by atoms with Crippen molar-refractivity contribution >= 4 is 22.7 Å². The fourth-order valence-corrected chi connectivity index (χ4v) is 3.53. The molecule has 0 aliphatic carbocycles. The lowest BCUT2D eigenvalue weighted by atomic mass is 10.2. The Morgan fingerprint density at radius 1 is 1.33 bits per heavy atom. The van der Waals surface area contributed by atoms with Crippen molar-refractivity contribution in [3.63, 3.8) is 0 Å². The minimum atomic E-state index is 0.0789. The Kier molecular flexibility index (Phi) is 2.91. The summed E-state index contributed by atoms with van der Waals surface area (Å²) in [6.07, 6.45) is 0. The van der Waals surface area contributed by atoms with Gasteiger partial charge < -0.3 is 5.73 Å². The zero-order valence-electron chi connectivity index (χ0n) is 9.07. The van der Waals surface area contributed by atoms with Gasteiger partial charge in [0.05, 0.1) is 5.69 Å². The van der Waals surface area contributed by atoms with Crippen molar-refractivity contribution < 1.29 is 0 Å². The van der Waals surface area contributed by atoms with Gasteiger partial charge >= 0.3 is 0 Å². The van der Waals surface area contributed by atoms with Gasteiger partial charge in [-0.25, -0.2) is 4.98 Å². The van der Waals surface area contributed by atoms with Crippen molar-refractivity contribution in [1.82, 2.24) is 4.98 Å². The van der Waals surface area contributed by atoms with E-state index >= 15 is 0 Å². The molecule has 80 valence electrons. The van der Waals surface area contributed by atoms with Crippen molar-refractivity contribution in [2.75, 3.05) is 0 Å². The van der Waals surface area contributed by atoms with E-state index in [-0.39, 0.29) is 6.04 Å². The smallest absolute Gasteiger partial charge is 0.125 e. The summed E-state index contributed by atoms with van der Waals surface area (Å²) in [5, 5.41) is 5.40. The zero-order valence-corrected chi connectivity index (χ0v) is 10.7. The maximum atomic E-state index is 5.89. The van der Waals surface area contributed by atoms with E-state index in [1.165, 1.54) is 16.0 Å². The van der Waals surface area contributed by atoms with E-state index in [0.717, 1.165) is 10.7 Å². The SMILES string of the molecule is Cc1cscc1-c1nc(C)c(C(C)N)s1. The molecule has 0 radical (unpaired) electrons. The third kappa shape index (κ3) is 1.97. The van der Waals surface area contributed by atoms with Gasteiger partial charge in [-0.3, -0.25) is 0 Å². The van der Waals surface area contributed by atoms with Gasteiger partial charge in [0.1, 0.15) is 5.01 Å². The lowest BCUT2D eigenvalue weighted by Gasteiger charge is -1.99. The quantitative estimate of drug-likeness (QED) is 0.869. The summed E-state index contributed by atoms with van der Waals surface area (Å²) in [5.41, 5.74) is 9.50. The maximum Gasteiger partial charge on any atom is 0.125 e. The number of hydrogen-bond donors (Lipinski definition) is 1. The van der Waals surface area contributed by atoms with Crippen LogP contribution in [0.2, 0.25) is 0 Å². The molecule has 0 bridgehead atoms. The van der Waals surface area contributed by atoms with Crippen LogP contribution < -0.4 is 5.73 Å². The summed E-state index contributed by atoms with van der Waals surface area (Å²) < 4.78 is 0. The lowest BCUT2D eigenvalue weighted by molar-refractivity contribution is 0.825. The third-order valence-electron chi connectivity index (χ3n) is 2.33. The molecular weight excluding hydrogens is 224 g/mol. The number of aryl methyl sites for hydroxylation is 2. The van der Waals surface area contributed by atoms with Crippen LogP contribution in [0, 0.1) is 13.8 Å². The van der Waals surface area contributed by atoms with Crippen LogP contribution in [0.25, 0.3) is 10.6 Å². The normalized spacial score (nSPS) is 13.1. The van der Waals surface area contributed by atoms with Gasteiger partial charge in [0.15, 0.2) is 0 Å². The number of nitrogens with two attached hydrogens (primary N) is 1. The molecule has 2 rings (SSSR count). The topological polar surface area (TPSA) is 38.9 Å². The van der Waals surface area contributed by atoms with Crippen molar-refractivity contribution in [2.24, 2.45) is 5.73 Å². The number of thiazole rings is 1. The summed E-state index contributed by atoms with van der Waals surface area (Å²) in [6, 6.07) is 0.0789. The molecule has 0 aliphatic heterocycles. The summed E-state index contributed by atoms with van der Waals surface area (Å²) in [6.45, 7) is 6.15. The Morgan fingerprint density at radius 3 is 2.53 bits per heavy atom. The lowest BCUT2D eigenvalue weighted by Crippen LogP contribution is -2.03. The average Bonchev–Trinajstić information content (AvgIpc) is 2.71. The molecule has 1 atom stereocenters. The second kappa shape index (κ2) is 4.04. The van der Waals surface area contributed by atoms with Crippen molar-refractivity contribution in [2.45, 2.75) is 26.8 Å². The zero-order chi connectivity index (χ0) is 11.0. The molecule has 4 heteroatoms. The van der Waals surface area contributed by atoms with Crippen LogP contribution in [0.1, 0.15) is 29.1 Å². The summed E-state index contributed by atoms with van der Waals surface area (Å²) in [5.74, 6) is 0. The van der Waals surface area contributed by atoms with Crippen molar-refractivity contribution in [3.8, 4) is 10.6 Å². The largest absolute Gasteiger partial charge is 0.323 e. The van der Waals surface area contributed by atoms with Crippen LogP contribution in [0.5, 0.6) is 0 Å².